The Morgan fingerprint density at radius 1 is 0.968 bits per heavy atom. The highest BCUT2D eigenvalue weighted by Crippen LogP contribution is 2.36. The van der Waals surface area contributed by atoms with Crippen LogP contribution in [-0.4, -0.2) is 36.7 Å². The number of aromatic nitrogens is 2. The lowest BCUT2D eigenvalue weighted by Crippen LogP contribution is -2.01. The zero-order chi connectivity index (χ0) is 22.0. The predicted octanol–water partition coefficient (Wildman–Crippen LogP) is 4.86. The Morgan fingerprint density at radius 3 is 2.42 bits per heavy atom. The number of nitrogens with one attached hydrogen (secondary N) is 1. The minimum absolute atomic E-state index is 0.378. The van der Waals surface area contributed by atoms with Gasteiger partial charge in [-0.1, -0.05) is 18.2 Å². The number of esters is 1. The molecule has 0 bridgehead atoms. The Balaban J connectivity index is 1.86. The summed E-state index contributed by atoms with van der Waals surface area (Å²) in [7, 11) is 4.61. The second-order valence-electron chi connectivity index (χ2n) is 7.00. The van der Waals surface area contributed by atoms with Crippen LogP contribution in [0.3, 0.4) is 0 Å². The monoisotopic (exact) mass is 417 g/mol. The molecule has 0 amide bonds. The van der Waals surface area contributed by atoms with Gasteiger partial charge in [-0.15, -0.1) is 0 Å². The number of carbonyl (C=O) groups is 1. The number of rotatable bonds is 6. The third-order valence-electron chi connectivity index (χ3n) is 5.01. The molecule has 2 heterocycles. The third kappa shape index (κ3) is 3.90. The summed E-state index contributed by atoms with van der Waals surface area (Å²) in [4.78, 5) is 16.6. The van der Waals surface area contributed by atoms with Gasteiger partial charge in [0.1, 0.15) is 28.7 Å². The summed E-state index contributed by atoms with van der Waals surface area (Å²) in [6.07, 6.45) is 2.02. The lowest BCUT2D eigenvalue weighted by atomic mass is 10.1. The summed E-state index contributed by atoms with van der Waals surface area (Å²) >= 11 is 0. The molecule has 0 atom stereocenters. The van der Waals surface area contributed by atoms with Crippen molar-refractivity contribution < 1.29 is 19.0 Å². The van der Waals surface area contributed by atoms with Gasteiger partial charge in [-0.05, 0) is 42.8 Å². The summed E-state index contributed by atoms with van der Waals surface area (Å²) in [5.41, 5.74) is 4.72. The molecule has 0 spiro atoms. The smallest absolute Gasteiger partial charge is 0.337 e. The number of fused-ring (bicyclic) bond motifs is 1. The minimum Gasteiger partial charge on any atom is -0.497 e. The summed E-state index contributed by atoms with van der Waals surface area (Å²) in [6.45, 7) is 2.03. The molecule has 0 fully saturated rings. The molecule has 0 radical (unpaired) electrons. The number of carbonyl (C=O) groups excluding carboxylic acids is 1. The lowest BCUT2D eigenvalue weighted by Gasteiger charge is -2.14. The van der Waals surface area contributed by atoms with E-state index in [0.717, 1.165) is 34.0 Å². The van der Waals surface area contributed by atoms with E-state index in [2.05, 4.69) is 5.32 Å². The fourth-order valence-electron chi connectivity index (χ4n) is 3.39. The van der Waals surface area contributed by atoms with Gasteiger partial charge in [-0.25, -0.2) is 9.78 Å². The molecule has 0 saturated carbocycles. The largest absolute Gasteiger partial charge is 0.497 e. The van der Waals surface area contributed by atoms with Gasteiger partial charge in [0, 0.05) is 17.8 Å². The maximum absolute atomic E-state index is 11.8. The SMILES string of the molecule is COC(=O)c1ccc(-c2nc3ccc(C)cn3c2Nc2cc(OC)ccc2OC)cc1. The van der Waals surface area contributed by atoms with Crippen LogP contribution in [0.2, 0.25) is 0 Å². The third-order valence-corrected chi connectivity index (χ3v) is 5.01. The van der Waals surface area contributed by atoms with Crippen molar-refractivity contribution in [1.29, 1.82) is 0 Å². The Bertz CT molecular complexity index is 1250. The van der Waals surface area contributed by atoms with E-state index in [1.165, 1.54) is 7.11 Å². The van der Waals surface area contributed by atoms with Gasteiger partial charge < -0.3 is 19.5 Å². The van der Waals surface area contributed by atoms with Crippen LogP contribution in [0.25, 0.3) is 16.9 Å². The molecule has 4 rings (SSSR count). The van der Waals surface area contributed by atoms with Gasteiger partial charge >= 0.3 is 5.97 Å². The number of hydrogen-bond donors (Lipinski definition) is 1. The van der Waals surface area contributed by atoms with Crippen LogP contribution in [0.4, 0.5) is 11.5 Å². The molecule has 7 heteroatoms. The molecule has 158 valence electrons. The molecule has 4 aromatic rings. The summed E-state index contributed by atoms with van der Waals surface area (Å²) in [5.74, 6) is 1.78. The van der Waals surface area contributed by atoms with Crippen molar-refractivity contribution in [2.24, 2.45) is 0 Å². The van der Waals surface area contributed by atoms with Crippen LogP contribution in [0.15, 0.2) is 60.8 Å². The average Bonchev–Trinajstić information content (AvgIpc) is 3.16. The molecule has 1 N–H and O–H groups in total. The number of benzene rings is 2. The van der Waals surface area contributed by atoms with E-state index >= 15 is 0 Å². The van der Waals surface area contributed by atoms with E-state index in [9.17, 15) is 4.79 Å². The van der Waals surface area contributed by atoms with Gasteiger partial charge in [0.2, 0.25) is 0 Å². The minimum atomic E-state index is -0.378. The first-order valence-electron chi connectivity index (χ1n) is 9.70. The molecule has 0 saturated heterocycles. The fraction of sp³-hybridized carbons (Fsp3) is 0.167. The zero-order valence-electron chi connectivity index (χ0n) is 17.8. The first-order chi connectivity index (χ1) is 15.0. The maximum atomic E-state index is 11.8. The normalized spacial score (nSPS) is 10.7. The molecule has 2 aromatic carbocycles. The van der Waals surface area contributed by atoms with Crippen LogP contribution in [0.5, 0.6) is 11.5 Å². The average molecular weight is 417 g/mol. The number of aryl methyl sites for hydroxylation is 1. The zero-order valence-corrected chi connectivity index (χ0v) is 17.8. The second-order valence-corrected chi connectivity index (χ2v) is 7.00. The number of methoxy groups -OCH3 is 3. The maximum Gasteiger partial charge on any atom is 0.337 e. The highest BCUT2D eigenvalue weighted by molar-refractivity contribution is 5.90. The Morgan fingerprint density at radius 2 is 1.74 bits per heavy atom. The van der Waals surface area contributed by atoms with Crippen LogP contribution in [0.1, 0.15) is 15.9 Å². The molecule has 2 aromatic heterocycles. The van der Waals surface area contributed by atoms with Crippen LogP contribution >= 0.6 is 0 Å². The van der Waals surface area contributed by atoms with E-state index in [-0.39, 0.29) is 5.97 Å². The first kappa shape index (κ1) is 20.3. The number of hydrogen-bond acceptors (Lipinski definition) is 6. The molecule has 7 nitrogen and oxygen atoms in total. The second kappa shape index (κ2) is 8.39. The van der Waals surface area contributed by atoms with Crippen molar-refractivity contribution in [2.45, 2.75) is 6.92 Å². The quantitative estimate of drug-likeness (QED) is 0.452. The molecular weight excluding hydrogens is 394 g/mol. The number of imidazole rings is 1. The molecular formula is C24H23N3O4. The van der Waals surface area contributed by atoms with Crippen molar-refractivity contribution in [3.05, 3.63) is 71.9 Å². The van der Waals surface area contributed by atoms with Crippen molar-refractivity contribution in [1.82, 2.24) is 9.38 Å². The Kier molecular flexibility index (Phi) is 5.49. The number of nitrogens with zero attached hydrogens (tertiary/aromatic N) is 2. The summed E-state index contributed by atoms with van der Waals surface area (Å²) in [5, 5.41) is 3.47. The van der Waals surface area contributed by atoms with Crippen LogP contribution in [0, 0.1) is 6.92 Å². The molecule has 0 aliphatic heterocycles. The standard InChI is InChI=1S/C24H23N3O4/c1-15-5-12-21-26-22(16-6-8-17(9-7-16)24(28)31-4)23(27(21)14-15)25-19-13-18(29-2)10-11-20(19)30-3/h5-14,25H,1-4H3. The molecule has 0 unspecified atom stereocenters. The lowest BCUT2D eigenvalue weighted by molar-refractivity contribution is 0.0600. The van der Waals surface area contributed by atoms with E-state index in [0.29, 0.717) is 17.1 Å². The van der Waals surface area contributed by atoms with E-state index in [4.69, 9.17) is 19.2 Å². The van der Waals surface area contributed by atoms with Crippen LogP contribution in [-0.2, 0) is 4.74 Å². The Hall–Kier alpha value is -4.00. The van der Waals surface area contributed by atoms with E-state index in [1.54, 1.807) is 26.4 Å². The number of ether oxygens (including phenoxy) is 3. The topological polar surface area (TPSA) is 74.1 Å². The first-order valence-corrected chi connectivity index (χ1v) is 9.70. The van der Waals surface area contributed by atoms with E-state index in [1.807, 2.05) is 60.0 Å². The molecule has 0 aliphatic carbocycles. The van der Waals surface area contributed by atoms with Gasteiger partial charge in [0.25, 0.3) is 0 Å². The fourth-order valence-corrected chi connectivity index (χ4v) is 3.39. The molecule has 31 heavy (non-hydrogen) atoms. The predicted molar refractivity (Wildman–Crippen MR) is 120 cm³/mol. The van der Waals surface area contributed by atoms with Crippen molar-refractivity contribution in [2.75, 3.05) is 26.6 Å². The van der Waals surface area contributed by atoms with Gasteiger partial charge in [0.05, 0.1) is 32.6 Å². The Labute approximate surface area is 180 Å². The summed E-state index contributed by atoms with van der Waals surface area (Å²) in [6, 6.07) is 16.7. The number of pyridine rings is 1. The van der Waals surface area contributed by atoms with Crippen molar-refractivity contribution >= 4 is 23.1 Å². The van der Waals surface area contributed by atoms with Crippen molar-refractivity contribution in [3.63, 3.8) is 0 Å². The van der Waals surface area contributed by atoms with Gasteiger partial charge in [-0.3, -0.25) is 4.40 Å². The number of anilines is 2. The highest BCUT2D eigenvalue weighted by Gasteiger charge is 2.17. The molecule has 0 aliphatic rings. The van der Waals surface area contributed by atoms with Crippen LogP contribution < -0.4 is 14.8 Å². The van der Waals surface area contributed by atoms with Crippen molar-refractivity contribution in [3.8, 4) is 22.8 Å². The van der Waals surface area contributed by atoms with Gasteiger partial charge in [-0.2, -0.15) is 0 Å². The van der Waals surface area contributed by atoms with Gasteiger partial charge in [0.15, 0.2) is 0 Å². The van der Waals surface area contributed by atoms with E-state index < -0.39 is 0 Å². The summed E-state index contributed by atoms with van der Waals surface area (Å²) < 4.78 is 17.7. The highest BCUT2D eigenvalue weighted by atomic mass is 16.5.